The quantitative estimate of drug-likeness (QED) is 0.889. The van der Waals surface area contributed by atoms with Crippen molar-refractivity contribution in [3.63, 3.8) is 0 Å². The van der Waals surface area contributed by atoms with Crippen LogP contribution in [0.3, 0.4) is 0 Å². The van der Waals surface area contributed by atoms with E-state index in [1.807, 2.05) is 0 Å². The molecular weight excluding hydrogens is 278 g/mol. The molecule has 1 amide bonds. The molecule has 0 bridgehead atoms. The number of amides is 1. The number of nitrogens with two attached hydrogens (primary N) is 1. The summed E-state index contributed by atoms with van der Waals surface area (Å²) >= 11 is 0. The van der Waals surface area contributed by atoms with Crippen LogP contribution in [0.2, 0.25) is 0 Å². The molecule has 0 aromatic heterocycles. The molecular formula is C15H14F2N2O2. The average Bonchev–Trinajstić information content (AvgIpc) is 2.49. The van der Waals surface area contributed by atoms with Gasteiger partial charge in [-0.2, -0.15) is 0 Å². The van der Waals surface area contributed by atoms with Crippen LogP contribution in [0.15, 0.2) is 42.5 Å². The lowest BCUT2D eigenvalue weighted by Crippen LogP contribution is -2.22. The van der Waals surface area contributed by atoms with Crippen LogP contribution in [0.1, 0.15) is 5.56 Å². The molecule has 0 saturated heterocycles. The van der Waals surface area contributed by atoms with Crippen molar-refractivity contribution in [2.75, 3.05) is 11.9 Å². The van der Waals surface area contributed by atoms with E-state index in [0.717, 1.165) is 11.6 Å². The largest absolute Gasteiger partial charge is 0.489 e. The van der Waals surface area contributed by atoms with E-state index in [2.05, 4.69) is 5.32 Å². The van der Waals surface area contributed by atoms with E-state index in [1.165, 1.54) is 24.3 Å². The van der Waals surface area contributed by atoms with Gasteiger partial charge in [-0.05, 0) is 29.8 Å². The second-order valence-electron chi connectivity index (χ2n) is 4.31. The highest BCUT2D eigenvalue weighted by Crippen LogP contribution is 2.21. The zero-order chi connectivity index (χ0) is 15.2. The molecule has 0 atom stereocenters. The number of carbonyl (C=O) groups excluding carboxylic acids is 1. The predicted molar refractivity (Wildman–Crippen MR) is 74.8 cm³/mol. The van der Waals surface area contributed by atoms with E-state index in [0.29, 0.717) is 5.75 Å². The van der Waals surface area contributed by atoms with Gasteiger partial charge < -0.3 is 15.8 Å². The Balaban J connectivity index is 1.99. The molecule has 6 heteroatoms. The smallest absolute Gasteiger partial charge is 0.238 e. The summed E-state index contributed by atoms with van der Waals surface area (Å²) in [6, 6.07) is 9.90. The molecule has 2 rings (SSSR count). The first kappa shape index (κ1) is 14.9. The maximum absolute atomic E-state index is 13.7. The molecule has 0 aliphatic rings. The molecule has 0 aliphatic heterocycles. The van der Waals surface area contributed by atoms with Gasteiger partial charge in [0.2, 0.25) is 5.91 Å². The molecule has 0 fully saturated rings. The normalized spacial score (nSPS) is 10.2. The average molecular weight is 292 g/mol. The van der Waals surface area contributed by atoms with E-state index in [-0.39, 0.29) is 24.7 Å². The summed E-state index contributed by atoms with van der Waals surface area (Å²) in [6.07, 6.45) is 0. The monoisotopic (exact) mass is 292 g/mol. The number of nitrogens with one attached hydrogen (secondary N) is 1. The highest BCUT2D eigenvalue weighted by molar-refractivity contribution is 5.92. The Kier molecular flexibility index (Phi) is 4.84. The van der Waals surface area contributed by atoms with Gasteiger partial charge in [-0.3, -0.25) is 4.79 Å². The first-order valence-electron chi connectivity index (χ1n) is 6.25. The molecule has 2 aromatic carbocycles. The van der Waals surface area contributed by atoms with Crippen LogP contribution in [-0.4, -0.2) is 12.5 Å². The minimum absolute atomic E-state index is 0.0413. The summed E-state index contributed by atoms with van der Waals surface area (Å²) in [5, 5.41) is 2.33. The first-order chi connectivity index (χ1) is 10.1. The second kappa shape index (κ2) is 6.81. The Hall–Kier alpha value is -2.47. The van der Waals surface area contributed by atoms with Gasteiger partial charge >= 0.3 is 0 Å². The molecule has 110 valence electrons. The van der Waals surface area contributed by atoms with E-state index in [1.54, 1.807) is 12.1 Å². The van der Waals surface area contributed by atoms with Crippen LogP contribution in [0.25, 0.3) is 0 Å². The summed E-state index contributed by atoms with van der Waals surface area (Å²) in [6.45, 7) is -0.0313. The fraction of sp³-hybridized carbons (Fsp3) is 0.133. The van der Waals surface area contributed by atoms with Crippen LogP contribution < -0.4 is 15.8 Å². The summed E-state index contributed by atoms with van der Waals surface area (Å²) in [7, 11) is 0. The molecule has 2 aromatic rings. The van der Waals surface area contributed by atoms with Crippen molar-refractivity contribution in [1.82, 2.24) is 0 Å². The van der Waals surface area contributed by atoms with Crippen molar-refractivity contribution < 1.29 is 18.3 Å². The minimum Gasteiger partial charge on any atom is -0.489 e. The lowest BCUT2D eigenvalue weighted by Gasteiger charge is -2.09. The van der Waals surface area contributed by atoms with Crippen LogP contribution in [0.4, 0.5) is 14.5 Å². The summed E-state index contributed by atoms with van der Waals surface area (Å²) < 4.78 is 31.9. The summed E-state index contributed by atoms with van der Waals surface area (Å²) in [5.74, 6) is -1.12. The zero-order valence-electron chi connectivity index (χ0n) is 11.1. The molecule has 21 heavy (non-hydrogen) atoms. The molecule has 4 nitrogen and oxygen atoms in total. The van der Waals surface area contributed by atoms with Crippen LogP contribution in [0, 0.1) is 11.6 Å². The van der Waals surface area contributed by atoms with Crippen molar-refractivity contribution in [2.24, 2.45) is 5.73 Å². The third-order valence-corrected chi connectivity index (χ3v) is 2.72. The molecule has 0 saturated carbocycles. The number of halogens is 2. The Morgan fingerprint density at radius 3 is 2.48 bits per heavy atom. The molecule has 0 aliphatic carbocycles. The lowest BCUT2D eigenvalue weighted by atomic mass is 10.2. The fourth-order valence-corrected chi connectivity index (χ4v) is 1.64. The molecule has 0 unspecified atom stereocenters. The SMILES string of the molecule is NCC(=O)Nc1ccc(OCc2ccc(F)cc2)cc1F. The predicted octanol–water partition coefficient (Wildman–Crippen LogP) is 2.44. The van der Waals surface area contributed by atoms with Crippen LogP contribution in [0.5, 0.6) is 5.75 Å². The Morgan fingerprint density at radius 1 is 1.14 bits per heavy atom. The van der Waals surface area contributed by atoms with E-state index >= 15 is 0 Å². The molecule has 3 N–H and O–H groups in total. The van der Waals surface area contributed by atoms with E-state index in [9.17, 15) is 13.6 Å². The summed E-state index contributed by atoms with van der Waals surface area (Å²) in [5.41, 5.74) is 5.94. The van der Waals surface area contributed by atoms with E-state index < -0.39 is 11.7 Å². The van der Waals surface area contributed by atoms with Gasteiger partial charge in [0.1, 0.15) is 24.0 Å². The zero-order valence-corrected chi connectivity index (χ0v) is 11.1. The number of anilines is 1. The second-order valence-corrected chi connectivity index (χ2v) is 4.31. The summed E-state index contributed by atoms with van der Waals surface area (Å²) in [4.78, 5) is 11.1. The van der Waals surface area contributed by atoms with Gasteiger partial charge in [-0.25, -0.2) is 8.78 Å². The standard InChI is InChI=1S/C15H14F2N2O2/c16-11-3-1-10(2-4-11)9-21-12-5-6-14(13(17)7-12)19-15(20)8-18/h1-7H,8-9,18H2,(H,19,20). The van der Waals surface area contributed by atoms with Crippen LogP contribution >= 0.6 is 0 Å². The third kappa shape index (κ3) is 4.25. The Labute approximate surface area is 120 Å². The number of carbonyl (C=O) groups is 1. The molecule has 0 heterocycles. The van der Waals surface area contributed by atoms with Gasteiger partial charge in [0.25, 0.3) is 0 Å². The fourth-order valence-electron chi connectivity index (χ4n) is 1.64. The van der Waals surface area contributed by atoms with Crippen LogP contribution in [-0.2, 0) is 11.4 Å². The Bertz CT molecular complexity index is 630. The highest BCUT2D eigenvalue weighted by Gasteiger charge is 2.07. The Morgan fingerprint density at radius 2 is 1.86 bits per heavy atom. The topological polar surface area (TPSA) is 64.4 Å². The number of hydrogen-bond acceptors (Lipinski definition) is 3. The van der Waals surface area contributed by atoms with Crippen molar-refractivity contribution in [1.29, 1.82) is 0 Å². The number of rotatable bonds is 5. The lowest BCUT2D eigenvalue weighted by molar-refractivity contribution is -0.114. The van der Waals surface area contributed by atoms with Crippen molar-refractivity contribution in [3.8, 4) is 5.75 Å². The van der Waals surface area contributed by atoms with Gasteiger partial charge in [-0.15, -0.1) is 0 Å². The van der Waals surface area contributed by atoms with Gasteiger partial charge in [-0.1, -0.05) is 12.1 Å². The number of ether oxygens (including phenoxy) is 1. The maximum atomic E-state index is 13.7. The number of benzene rings is 2. The van der Waals surface area contributed by atoms with Gasteiger partial charge in [0.15, 0.2) is 0 Å². The van der Waals surface area contributed by atoms with Crippen molar-refractivity contribution in [3.05, 3.63) is 59.7 Å². The van der Waals surface area contributed by atoms with Gasteiger partial charge in [0.05, 0.1) is 12.2 Å². The number of hydrogen-bond donors (Lipinski definition) is 2. The highest BCUT2D eigenvalue weighted by atomic mass is 19.1. The third-order valence-electron chi connectivity index (χ3n) is 2.72. The first-order valence-corrected chi connectivity index (χ1v) is 6.25. The minimum atomic E-state index is -0.617. The van der Waals surface area contributed by atoms with Crippen molar-refractivity contribution in [2.45, 2.75) is 6.61 Å². The molecule has 0 radical (unpaired) electrons. The molecule has 0 spiro atoms. The van der Waals surface area contributed by atoms with Gasteiger partial charge in [0, 0.05) is 6.07 Å². The van der Waals surface area contributed by atoms with Crippen molar-refractivity contribution >= 4 is 11.6 Å². The maximum Gasteiger partial charge on any atom is 0.238 e. The van der Waals surface area contributed by atoms with E-state index in [4.69, 9.17) is 10.5 Å².